The lowest BCUT2D eigenvalue weighted by Gasteiger charge is -2.36. The molecule has 1 aliphatic heterocycles. The summed E-state index contributed by atoms with van der Waals surface area (Å²) >= 11 is 0. The number of carbonyl (C=O) groups is 1. The summed E-state index contributed by atoms with van der Waals surface area (Å²) in [4.78, 5) is 14.0. The highest BCUT2D eigenvalue weighted by atomic mass is 16.6. The fourth-order valence-electron chi connectivity index (χ4n) is 1.77. The average Bonchev–Trinajstić information content (AvgIpc) is 2.19. The molecule has 5 nitrogen and oxygen atoms in total. The molecule has 1 atom stereocenters. The summed E-state index contributed by atoms with van der Waals surface area (Å²) in [5.74, 6) is 5.44. The van der Waals surface area contributed by atoms with Crippen LogP contribution in [0.25, 0.3) is 0 Å². The van der Waals surface area contributed by atoms with Gasteiger partial charge in [-0.2, -0.15) is 0 Å². The first kappa shape index (κ1) is 14.2. The second-order valence-electron chi connectivity index (χ2n) is 5.29. The summed E-state index contributed by atoms with van der Waals surface area (Å²) in [6.45, 7) is 12.3. The quantitative estimate of drug-likeness (QED) is 0.439. The number of nitrogens with zero attached hydrogens (tertiary/aromatic N) is 2. The molecule has 0 aromatic rings. The van der Waals surface area contributed by atoms with E-state index in [0.29, 0.717) is 0 Å². The van der Waals surface area contributed by atoms with Gasteiger partial charge < -0.3 is 4.74 Å². The van der Waals surface area contributed by atoms with Crippen LogP contribution >= 0.6 is 0 Å². The molecular formula is C12H23N3O2. The van der Waals surface area contributed by atoms with Crippen molar-refractivity contribution >= 4 is 5.97 Å². The van der Waals surface area contributed by atoms with Gasteiger partial charge in [-0.05, 0) is 20.8 Å². The van der Waals surface area contributed by atoms with Crippen LogP contribution in [0.4, 0.5) is 0 Å². The molecule has 1 saturated heterocycles. The largest absolute Gasteiger partial charge is 0.459 e. The normalized spacial score (nSPS) is 20.9. The summed E-state index contributed by atoms with van der Waals surface area (Å²) in [6.07, 6.45) is 1.64. The van der Waals surface area contributed by atoms with E-state index in [0.717, 1.165) is 26.2 Å². The molecule has 0 aliphatic carbocycles. The lowest BCUT2D eigenvalue weighted by molar-refractivity contribution is -0.160. The molecule has 1 fully saturated rings. The predicted octanol–water partition coefficient (Wildman–Crippen LogP) is 0.374. The Labute approximate surface area is 103 Å². The Kier molecular flexibility index (Phi) is 4.68. The number of ether oxygens (including phenoxy) is 1. The third-order valence-electron chi connectivity index (χ3n) is 2.61. The number of rotatable bonds is 3. The smallest absolute Gasteiger partial charge is 0.327 e. The van der Waals surface area contributed by atoms with E-state index in [9.17, 15) is 4.79 Å². The van der Waals surface area contributed by atoms with Crippen molar-refractivity contribution in [3.05, 3.63) is 12.7 Å². The monoisotopic (exact) mass is 241 g/mol. The van der Waals surface area contributed by atoms with Gasteiger partial charge in [-0.1, -0.05) is 6.08 Å². The van der Waals surface area contributed by atoms with Crippen molar-refractivity contribution in [2.45, 2.75) is 32.4 Å². The Morgan fingerprint density at radius 3 is 2.29 bits per heavy atom. The van der Waals surface area contributed by atoms with Crippen LogP contribution in [-0.4, -0.2) is 53.7 Å². The summed E-state index contributed by atoms with van der Waals surface area (Å²) in [5, 5.41) is 1.76. The van der Waals surface area contributed by atoms with Gasteiger partial charge in [0.2, 0.25) is 0 Å². The Bertz CT molecular complexity index is 278. The predicted molar refractivity (Wildman–Crippen MR) is 67.2 cm³/mol. The number of carbonyl (C=O) groups excluding carboxylic acids is 1. The first-order valence-electron chi connectivity index (χ1n) is 5.92. The molecule has 0 bridgehead atoms. The molecule has 0 aromatic carbocycles. The lowest BCUT2D eigenvalue weighted by atomic mass is 10.1. The van der Waals surface area contributed by atoms with Crippen molar-refractivity contribution in [3.8, 4) is 0 Å². The fraction of sp³-hybridized carbons (Fsp3) is 0.750. The first-order valence-corrected chi connectivity index (χ1v) is 5.92. The first-order chi connectivity index (χ1) is 7.83. The van der Waals surface area contributed by atoms with Crippen LogP contribution in [0.3, 0.4) is 0 Å². The minimum atomic E-state index is -0.464. The van der Waals surface area contributed by atoms with E-state index in [1.807, 2.05) is 25.7 Å². The van der Waals surface area contributed by atoms with Crippen molar-refractivity contribution < 1.29 is 9.53 Å². The third kappa shape index (κ3) is 4.46. The van der Waals surface area contributed by atoms with E-state index in [4.69, 9.17) is 10.6 Å². The number of hydrogen-bond acceptors (Lipinski definition) is 5. The minimum absolute atomic E-state index is 0.238. The van der Waals surface area contributed by atoms with Crippen molar-refractivity contribution in [2.75, 3.05) is 26.2 Å². The second-order valence-corrected chi connectivity index (χ2v) is 5.29. The molecule has 0 amide bonds. The van der Waals surface area contributed by atoms with Gasteiger partial charge in [0.1, 0.15) is 11.6 Å². The lowest BCUT2D eigenvalue weighted by Crippen LogP contribution is -2.54. The molecule has 1 heterocycles. The zero-order valence-corrected chi connectivity index (χ0v) is 11.0. The highest BCUT2D eigenvalue weighted by molar-refractivity contribution is 5.78. The van der Waals surface area contributed by atoms with Gasteiger partial charge in [0.15, 0.2) is 0 Å². The van der Waals surface area contributed by atoms with Gasteiger partial charge in [-0.25, -0.2) is 9.80 Å². The Morgan fingerprint density at radius 2 is 1.88 bits per heavy atom. The van der Waals surface area contributed by atoms with Crippen molar-refractivity contribution in [2.24, 2.45) is 5.84 Å². The maximum atomic E-state index is 12.0. The highest BCUT2D eigenvalue weighted by Gasteiger charge is 2.29. The van der Waals surface area contributed by atoms with E-state index in [-0.39, 0.29) is 12.0 Å². The molecule has 0 spiro atoms. The van der Waals surface area contributed by atoms with Crippen molar-refractivity contribution in [1.82, 2.24) is 9.91 Å². The summed E-state index contributed by atoms with van der Waals surface area (Å²) in [5.41, 5.74) is -0.464. The molecule has 2 N–H and O–H groups in total. The molecule has 98 valence electrons. The average molecular weight is 241 g/mol. The molecule has 1 rings (SSSR count). The second kappa shape index (κ2) is 5.62. The van der Waals surface area contributed by atoms with Crippen molar-refractivity contribution in [3.63, 3.8) is 0 Å². The maximum absolute atomic E-state index is 12.0. The molecule has 5 heteroatoms. The number of esters is 1. The molecule has 17 heavy (non-hydrogen) atoms. The Balaban J connectivity index is 2.59. The highest BCUT2D eigenvalue weighted by Crippen LogP contribution is 2.13. The van der Waals surface area contributed by atoms with Gasteiger partial charge in [0.25, 0.3) is 0 Å². The zero-order valence-electron chi connectivity index (χ0n) is 11.0. The van der Waals surface area contributed by atoms with Gasteiger partial charge in [-0.3, -0.25) is 10.7 Å². The fourth-order valence-corrected chi connectivity index (χ4v) is 1.77. The number of nitrogens with two attached hydrogens (primary N) is 1. The SMILES string of the molecule is C=CC(C(=O)OC(C)(C)C)N1CCN(N)CC1. The minimum Gasteiger partial charge on any atom is -0.459 e. The zero-order chi connectivity index (χ0) is 13.1. The van der Waals surface area contributed by atoms with Gasteiger partial charge in [-0.15, -0.1) is 6.58 Å². The van der Waals surface area contributed by atoms with Crippen LogP contribution < -0.4 is 5.84 Å². The molecule has 1 unspecified atom stereocenters. The molecule has 0 aromatic heterocycles. The summed E-state index contributed by atoms with van der Waals surface area (Å²) < 4.78 is 5.37. The molecule has 0 radical (unpaired) electrons. The number of hydrogen-bond donors (Lipinski definition) is 1. The van der Waals surface area contributed by atoms with Crippen LogP contribution in [-0.2, 0) is 9.53 Å². The van der Waals surface area contributed by atoms with Gasteiger partial charge in [0.05, 0.1) is 0 Å². The van der Waals surface area contributed by atoms with Crippen LogP contribution in [0.1, 0.15) is 20.8 Å². The van der Waals surface area contributed by atoms with Crippen LogP contribution in [0.2, 0.25) is 0 Å². The van der Waals surface area contributed by atoms with Crippen LogP contribution in [0, 0.1) is 0 Å². The molecule has 0 saturated carbocycles. The van der Waals surface area contributed by atoms with Gasteiger partial charge in [0, 0.05) is 26.2 Å². The van der Waals surface area contributed by atoms with Crippen molar-refractivity contribution in [1.29, 1.82) is 0 Å². The third-order valence-corrected chi connectivity index (χ3v) is 2.61. The Hall–Kier alpha value is -0.910. The van der Waals surface area contributed by atoms with E-state index in [1.165, 1.54) is 0 Å². The standard InChI is InChI=1S/C12H23N3O2/c1-5-10(11(16)17-12(2,3)4)14-6-8-15(13)9-7-14/h5,10H,1,6-9,13H2,2-4H3. The van der Waals surface area contributed by atoms with Gasteiger partial charge >= 0.3 is 5.97 Å². The van der Waals surface area contributed by atoms with E-state index in [2.05, 4.69) is 6.58 Å². The maximum Gasteiger partial charge on any atom is 0.327 e. The summed E-state index contributed by atoms with van der Waals surface area (Å²) in [7, 11) is 0. The van der Waals surface area contributed by atoms with Crippen LogP contribution in [0.5, 0.6) is 0 Å². The number of piperazine rings is 1. The van der Waals surface area contributed by atoms with E-state index >= 15 is 0 Å². The topological polar surface area (TPSA) is 58.8 Å². The van der Waals surface area contributed by atoms with Crippen LogP contribution in [0.15, 0.2) is 12.7 Å². The van der Waals surface area contributed by atoms with E-state index < -0.39 is 5.60 Å². The summed E-state index contributed by atoms with van der Waals surface area (Å²) in [6, 6.07) is -0.372. The number of hydrazine groups is 1. The molecular weight excluding hydrogens is 218 g/mol. The van der Waals surface area contributed by atoms with E-state index in [1.54, 1.807) is 11.1 Å². The molecule has 1 aliphatic rings. The Morgan fingerprint density at radius 1 is 1.35 bits per heavy atom.